The topological polar surface area (TPSA) is 29.4 Å². The van der Waals surface area contributed by atoms with Crippen molar-refractivity contribution >= 4 is 22.0 Å². The summed E-state index contributed by atoms with van der Waals surface area (Å²) in [6, 6.07) is 6.10. The third kappa shape index (κ3) is 3.98. The van der Waals surface area contributed by atoms with Crippen LogP contribution in [0.4, 0.5) is 0 Å². The molecule has 0 aromatic heterocycles. The minimum absolute atomic E-state index is 0.407. The molecule has 0 atom stereocenters. The Hall–Kier alpha value is -0.920. The summed E-state index contributed by atoms with van der Waals surface area (Å²) in [5.74, 6) is 0.639. The fraction of sp³-hybridized carbons (Fsp3) is 0.417. The lowest BCUT2D eigenvalue weighted by molar-refractivity contribution is 0.563. The van der Waals surface area contributed by atoms with Crippen molar-refractivity contribution in [3.8, 4) is 0 Å². The zero-order valence-electron chi connectivity index (χ0n) is 8.96. The quantitative estimate of drug-likeness (QED) is 0.607. The molecule has 15 heavy (non-hydrogen) atoms. The van der Waals surface area contributed by atoms with E-state index >= 15 is 0 Å². The SMILES string of the molecule is CC(C)Cc1ccc(CN=C=O)cc1Br. The second-order valence-electron chi connectivity index (χ2n) is 3.93. The fourth-order valence-corrected chi connectivity index (χ4v) is 2.01. The van der Waals surface area contributed by atoms with Crippen molar-refractivity contribution in [3.63, 3.8) is 0 Å². The summed E-state index contributed by atoms with van der Waals surface area (Å²) in [5.41, 5.74) is 2.32. The summed E-state index contributed by atoms with van der Waals surface area (Å²) in [4.78, 5) is 13.5. The minimum Gasteiger partial charge on any atom is -0.211 e. The second kappa shape index (κ2) is 5.84. The zero-order valence-corrected chi connectivity index (χ0v) is 10.5. The Bertz CT molecular complexity index is 381. The van der Waals surface area contributed by atoms with Gasteiger partial charge in [0, 0.05) is 4.47 Å². The predicted molar refractivity (Wildman–Crippen MR) is 64.5 cm³/mol. The van der Waals surface area contributed by atoms with E-state index in [0.29, 0.717) is 12.5 Å². The molecule has 0 unspecified atom stereocenters. The maximum Gasteiger partial charge on any atom is 0.235 e. The van der Waals surface area contributed by atoms with Crippen molar-refractivity contribution in [1.29, 1.82) is 0 Å². The van der Waals surface area contributed by atoms with Crippen LogP contribution in [0.5, 0.6) is 0 Å². The van der Waals surface area contributed by atoms with Gasteiger partial charge in [-0.3, -0.25) is 0 Å². The van der Waals surface area contributed by atoms with Gasteiger partial charge in [-0.25, -0.2) is 9.79 Å². The van der Waals surface area contributed by atoms with Crippen LogP contribution in [0.2, 0.25) is 0 Å². The molecule has 0 fully saturated rings. The first-order valence-corrected chi connectivity index (χ1v) is 5.73. The molecule has 3 heteroatoms. The third-order valence-electron chi connectivity index (χ3n) is 2.07. The Labute approximate surface area is 98.5 Å². The van der Waals surface area contributed by atoms with Crippen LogP contribution in [-0.2, 0) is 17.8 Å². The lowest BCUT2D eigenvalue weighted by Gasteiger charge is -2.08. The first kappa shape index (κ1) is 12.2. The van der Waals surface area contributed by atoms with Gasteiger partial charge >= 0.3 is 0 Å². The van der Waals surface area contributed by atoms with Gasteiger partial charge < -0.3 is 0 Å². The predicted octanol–water partition coefficient (Wildman–Crippen LogP) is 3.48. The lowest BCUT2D eigenvalue weighted by Crippen LogP contribution is -1.95. The molecule has 1 rings (SSSR count). The van der Waals surface area contributed by atoms with Crippen molar-refractivity contribution in [3.05, 3.63) is 33.8 Å². The number of nitrogens with zero attached hydrogens (tertiary/aromatic N) is 1. The maximum absolute atomic E-state index is 9.97. The average molecular weight is 268 g/mol. The van der Waals surface area contributed by atoms with Crippen LogP contribution in [-0.4, -0.2) is 6.08 Å². The van der Waals surface area contributed by atoms with Crippen LogP contribution < -0.4 is 0 Å². The molecule has 0 heterocycles. The van der Waals surface area contributed by atoms with E-state index in [2.05, 4.69) is 40.8 Å². The standard InChI is InChI=1S/C12H14BrNO/c1-9(2)5-11-4-3-10(6-12(11)13)7-14-8-15/h3-4,6,9H,5,7H2,1-2H3. The van der Waals surface area contributed by atoms with Gasteiger partial charge in [0.1, 0.15) is 0 Å². The molecule has 0 saturated heterocycles. The van der Waals surface area contributed by atoms with Gasteiger partial charge in [0.05, 0.1) is 6.54 Å². The van der Waals surface area contributed by atoms with Gasteiger partial charge in [0.25, 0.3) is 0 Å². The molecule has 0 amide bonds. The molecular formula is C12H14BrNO. The van der Waals surface area contributed by atoms with Crippen molar-refractivity contribution < 1.29 is 4.79 Å². The molecule has 0 saturated carbocycles. The number of aliphatic imine (C=N–C) groups is 1. The summed E-state index contributed by atoms with van der Waals surface area (Å²) in [6.45, 7) is 4.79. The zero-order chi connectivity index (χ0) is 11.3. The van der Waals surface area contributed by atoms with Gasteiger partial charge in [-0.1, -0.05) is 41.9 Å². The fourth-order valence-electron chi connectivity index (χ4n) is 1.42. The minimum atomic E-state index is 0.407. The van der Waals surface area contributed by atoms with E-state index in [-0.39, 0.29) is 0 Å². The van der Waals surface area contributed by atoms with Gasteiger partial charge in [-0.05, 0) is 29.5 Å². The molecule has 0 aliphatic rings. The molecule has 0 radical (unpaired) electrons. The van der Waals surface area contributed by atoms with Crippen LogP contribution in [0.3, 0.4) is 0 Å². The Kier molecular flexibility index (Phi) is 4.73. The normalized spacial score (nSPS) is 10.1. The van der Waals surface area contributed by atoms with Crippen molar-refractivity contribution in [2.45, 2.75) is 26.8 Å². The number of hydrogen-bond donors (Lipinski definition) is 0. The van der Waals surface area contributed by atoms with Crippen LogP contribution in [0.1, 0.15) is 25.0 Å². The smallest absolute Gasteiger partial charge is 0.211 e. The summed E-state index contributed by atoms with van der Waals surface area (Å²) in [6.07, 6.45) is 2.60. The molecule has 1 aromatic rings. The largest absolute Gasteiger partial charge is 0.235 e. The van der Waals surface area contributed by atoms with Crippen LogP contribution in [0, 0.1) is 5.92 Å². The number of isocyanates is 1. The molecule has 0 bridgehead atoms. The van der Waals surface area contributed by atoms with Gasteiger partial charge in [-0.15, -0.1) is 0 Å². The number of benzene rings is 1. The van der Waals surface area contributed by atoms with Crippen molar-refractivity contribution in [2.24, 2.45) is 10.9 Å². The Morgan fingerprint density at radius 1 is 1.47 bits per heavy atom. The Morgan fingerprint density at radius 3 is 2.73 bits per heavy atom. The highest BCUT2D eigenvalue weighted by atomic mass is 79.9. The average Bonchev–Trinajstić information content (AvgIpc) is 2.18. The molecule has 0 aliphatic heterocycles. The van der Waals surface area contributed by atoms with Gasteiger partial charge in [0.2, 0.25) is 6.08 Å². The van der Waals surface area contributed by atoms with Crippen molar-refractivity contribution in [2.75, 3.05) is 0 Å². The molecule has 2 nitrogen and oxygen atoms in total. The Balaban J connectivity index is 2.82. The Morgan fingerprint density at radius 2 is 2.20 bits per heavy atom. The molecule has 80 valence electrons. The number of halogens is 1. The van der Waals surface area contributed by atoms with Crippen LogP contribution >= 0.6 is 15.9 Å². The van der Waals surface area contributed by atoms with E-state index in [9.17, 15) is 4.79 Å². The summed E-state index contributed by atoms with van der Waals surface area (Å²) in [5, 5.41) is 0. The molecule has 0 N–H and O–H groups in total. The van der Waals surface area contributed by atoms with E-state index in [1.165, 1.54) is 5.56 Å². The van der Waals surface area contributed by atoms with E-state index in [4.69, 9.17) is 0 Å². The van der Waals surface area contributed by atoms with Crippen molar-refractivity contribution in [1.82, 2.24) is 0 Å². The van der Waals surface area contributed by atoms with E-state index in [0.717, 1.165) is 16.5 Å². The molecule has 1 aromatic carbocycles. The van der Waals surface area contributed by atoms with E-state index < -0.39 is 0 Å². The first-order chi connectivity index (χ1) is 7.13. The highest BCUT2D eigenvalue weighted by molar-refractivity contribution is 9.10. The molecule has 0 aliphatic carbocycles. The summed E-state index contributed by atoms with van der Waals surface area (Å²) >= 11 is 3.53. The third-order valence-corrected chi connectivity index (χ3v) is 2.81. The van der Waals surface area contributed by atoms with Crippen LogP contribution in [0.25, 0.3) is 0 Å². The summed E-state index contributed by atoms with van der Waals surface area (Å²) < 4.78 is 1.09. The van der Waals surface area contributed by atoms with Gasteiger partial charge in [-0.2, -0.15) is 0 Å². The van der Waals surface area contributed by atoms with E-state index in [1.54, 1.807) is 6.08 Å². The number of rotatable bonds is 4. The highest BCUT2D eigenvalue weighted by Gasteiger charge is 2.03. The highest BCUT2D eigenvalue weighted by Crippen LogP contribution is 2.21. The number of carbonyl (C=O) groups excluding carboxylic acids is 1. The summed E-state index contributed by atoms with van der Waals surface area (Å²) in [7, 11) is 0. The number of hydrogen-bond acceptors (Lipinski definition) is 2. The van der Waals surface area contributed by atoms with Gasteiger partial charge in [0.15, 0.2) is 0 Å². The second-order valence-corrected chi connectivity index (χ2v) is 4.79. The lowest BCUT2D eigenvalue weighted by atomic mass is 10.0. The maximum atomic E-state index is 9.97. The molecular weight excluding hydrogens is 254 g/mol. The monoisotopic (exact) mass is 267 g/mol. The first-order valence-electron chi connectivity index (χ1n) is 4.94. The van der Waals surface area contributed by atoms with Crippen LogP contribution in [0.15, 0.2) is 27.7 Å². The molecule has 0 spiro atoms. The van der Waals surface area contributed by atoms with E-state index in [1.807, 2.05) is 12.1 Å².